The lowest BCUT2D eigenvalue weighted by Gasteiger charge is -2.45. The van der Waals surface area contributed by atoms with Gasteiger partial charge in [-0.1, -0.05) is 40.9 Å². The lowest BCUT2D eigenvalue weighted by Crippen LogP contribution is -2.52. The Morgan fingerprint density at radius 1 is 1.17 bits per heavy atom. The van der Waals surface area contributed by atoms with Crippen molar-refractivity contribution in [2.24, 2.45) is 0 Å². The van der Waals surface area contributed by atoms with Crippen LogP contribution in [0.4, 0.5) is 5.69 Å². The quantitative estimate of drug-likeness (QED) is 0.772. The number of anilines is 1. The Kier molecular flexibility index (Phi) is 3.90. The Morgan fingerprint density at radius 3 is 2.72 bits per heavy atom. The zero-order valence-corrected chi connectivity index (χ0v) is 12.2. The molecule has 0 N–H and O–H groups in total. The van der Waals surface area contributed by atoms with Gasteiger partial charge in [0.2, 0.25) is 0 Å². The average Bonchev–Trinajstić information content (AvgIpc) is 2.47. The highest BCUT2D eigenvalue weighted by Gasteiger charge is 2.34. The summed E-state index contributed by atoms with van der Waals surface area (Å²) in [7, 11) is 0. The summed E-state index contributed by atoms with van der Waals surface area (Å²) in [4.78, 5) is 2.56. The van der Waals surface area contributed by atoms with Crippen LogP contribution in [-0.4, -0.2) is 25.3 Å². The van der Waals surface area contributed by atoms with Gasteiger partial charge in [0.25, 0.3) is 0 Å². The molecule has 2 atom stereocenters. The molecule has 2 unspecified atom stereocenters. The second kappa shape index (κ2) is 5.62. The van der Waals surface area contributed by atoms with Gasteiger partial charge >= 0.3 is 0 Å². The number of hydrogen-bond donors (Lipinski definition) is 0. The van der Waals surface area contributed by atoms with E-state index in [1.54, 1.807) is 0 Å². The molecule has 98 valence electrons. The van der Waals surface area contributed by atoms with Crippen LogP contribution in [0.2, 0.25) is 0 Å². The van der Waals surface area contributed by atoms with Crippen LogP contribution in [0.15, 0.2) is 24.3 Å². The number of benzene rings is 1. The second-order valence-electron chi connectivity index (χ2n) is 5.25. The summed E-state index contributed by atoms with van der Waals surface area (Å²) in [6.45, 7) is 1.91. The Labute approximate surface area is 117 Å². The molecule has 2 nitrogen and oxygen atoms in total. The van der Waals surface area contributed by atoms with Crippen LogP contribution in [0, 0.1) is 0 Å². The molecule has 1 aliphatic heterocycles. The van der Waals surface area contributed by atoms with Crippen LogP contribution < -0.4 is 4.90 Å². The van der Waals surface area contributed by atoms with Gasteiger partial charge in [-0.15, -0.1) is 0 Å². The molecule has 0 bridgehead atoms. The monoisotopic (exact) mass is 309 g/mol. The molecule has 1 saturated carbocycles. The third kappa shape index (κ3) is 2.43. The highest BCUT2D eigenvalue weighted by molar-refractivity contribution is 9.08. The van der Waals surface area contributed by atoms with E-state index in [0.717, 1.165) is 18.5 Å². The van der Waals surface area contributed by atoms with Gasteiger partial charge in [-0.3, -0.25) is 0 Å². The Hall–Kier alpha value is -0.540. The first kappa shape index (κ1) is 12.5. The molecule has 1 aromatic rings. The summed E-state index contributed by atoms with van der Waals surface area (Å²) in [6.07, 6.45) is 5.66. The highest BCUT2D eigenvalue weighted by atomic mass is 79.9. The zero-order valence-electron chi connectivity index (χ0n) is 10.6. The van der Waals surface area contributed by atoms with E-state index in [1.807, 2.05) is 0 Å². The lowest BCUT2D eigenvalue weighted by molar-refractivity contribution is -0.00867. The molecule has 0 radical (unpaired) electrons. The van der Waals surface area contributed by atoms with E-state index >= 15 is 0 Å². The van der Waals surface area contributed by atoms with Gasteiger partial charge in [-0.25, -0.2) is 0 Å². The summed E-state index contributed by atoms with van der Waals surface area (Å²) in [5.74, 6) is 0. The molecule has 0 spiro atoms. The molecule has 3 heteroatoms. The Morgan fingerprint density at radius 2 is 1.94 bits per heavy atom. The van der Waals surface area contributed by atoms with E-state index in [-0.39, 0.29) is 0 Å². The molecule has 18 heavy (non-hydrogen) atoms. The third-order valence-electron chi connectivity index (χ3n) is 4.15. The van der Waals surface area contributed by atoms with Crippen molar-refractivity contribution in [1.29, 1.82) is 0 Å². The fourth-order valence-corrected chi connectivity index (χ4v) is 3.57. The normalized spacial score (nSPS) is 27.9. The number of halogens is 1. The van der Waals surface area contributed by atoms with Crippen LogP contribution in [0.25, 0.3) is 0 Å². The number of hydrogen-bond acceptors (Lipinski definition) is 2. The molecular formula is C15H20BrNO. The summed E-state index contributed by atoms with van der Waals surface area (Å²) in [5.41, 5.74) is 2.70. The molecule has 0 amide bonds. The molecule has 2 fully saturated rings. The van der Waals surface area contributed by atoms with E-state index in [2.05, 4.69) is 45.1 Å². The second-order valence-corrected chi connectivity index (χ2v) is 5.82. The van der Waals surface area contributed by atoms with E-state index in [1.165, 1.54) is 36.9 Å². The van der Waals surface area contributed by atoms with Crippen molar-refractivity contribution < 1.29 is 4.74 Å². The maximum Gasteiger partial charge on any atom is 0.0779 e. The predicted molar refractivity (Wildman–Crippen MR) is 78.4 cm³/mol. The van der Waals surface area contributed by atoms with Gasteiger partial charge in [0, 0.05) is 17.6 Å². The van der Waals surface area contributed by atoms with Crippen molar-refractivity contribution >= 4 is 21.6 Å². The van der Waals surface area contributed by atoms with Crippen molar-refractivity contribution in [1.82, 2.24) is 0 Å². The van der Waals surface area contributed by atoms with Crippen LogP contribution in [-0.2, 0) is 10.1 Å². The summed E-state index contributed by atoms with van der Waals surface area (Å²) in [5, 5.41) is 0.933. The predicted octanol–water partition coefficient (Wildman–Crippen LogP) is 3.73. The van der Waals surface area contributed by atoms with E-state index in [4.69, 9.17) is 4.74 Å². The molecule has 1 heterocycles. The van der Waals surface area contributed by atoms with Crippen molar-refractivity contribution in [3.05, 3.63) is 29.8 Å². The van der Waals surface area contributed by atoms with Gasteiger partial charge in [0.05, 0.1) is 18.8 Å². The van der Waals surface area contributed by atoms with Crippen LogP contribution >= 0.6 is 15.9 Å². The molecule has 1 saturated heterocycles. The summed E-state index contributed by atoms with van der Waals surface area (Å²) < 4.78 is 5.93. The van der Waals surface area contributed by atoms with Gasteiger partial charge in [0.1, 0.15) is 0 Å². The first-order valence-electron chi connectivity index (χ1n) is 6.91. The maximum absolute atomic E-state index is 5.93. The van der Waals surface area contributed by atoms with Gasteiger partial charge in [-0.2, -0.15) is 0 Å². The Bertz CT molecular complexity index is 390. The van der Waals surface area contributed by atoms with E-state index in [0.29, 0.717) is 12.1 Å². The topological polar surface area (TPSA) is 12.5 Å². The number of ether oxygens (including phenoxy) is 1. The SMILES string of the molecule is BrCc1ccc(N2CCOC3CCCCC32)cc1. The Balaban J connectivity index is 1.80. The number of nitrogens with zero attached hydrogens (tertiary/aromatic N) is 1. The average molecular weight is 310 g/mol. The van der Waals surface area contributed by atoms with Crippen molar-refractivity contribution in [2.45, 2.75) is 43.2 Å². The number of rotatable bonds is 2. The number of fused-ring (bicyclic) bond motifs is 1. The lowest BCUT2D eigenvalue weighted by atomic mass is 9.90. The fraction of sp³-hybridized carbons (Fsp3) is 0.600. The standard InChI is InChI=1S/C15H20BrNO/c16-11-12-5-7-13(8-6-12)17-9-10-18-15-4-2-1-3-14(15)17/h5-8,14-15H,1-4,9-11H2. The molecule has 3 rings (SSSR count). The number of alkyl halides is 1. The van der Waals surface area contributed by atoms with Gasteiger partial charge < -0.3 is 9.64 Å². The minimum atomic E-state index is 0.461. The number of morpholine rings is 1. The minimum Gasteiger partial charge on any atom is -0.374 e. The highest BCUT2D eigenvalue weighted by Crippen LogP contribution is 2.32. The fourth-order valence-electron chi connectivity index (χ4n) is 3.19. The minimum absolute atomic E-state index is 0.461. The zero-order chi connectivity index (χ0) is 12.4. The van der Waals surface area contributed by atoms with Crippen molar-refractivity contribution in [3.63, 3.8) is 0 Å². The smallest absolute Gasteiger partial charge is 0.0779 e. The van der Waals surface area contributed by atoms with Crippen LogP contribution in [0.3, 0.4) is 0 Å². The summed E-state index contributed by atoms with van der Waals surface area (Å²) in [6, 6.07) is 9.55. The third-order valence-corrected chi connectivity index (χ3v) is 4.80. The molecule has 0 aromatic heterocycles. The van der Waals surface area contributed by atoms with Gasteiger partial charge in [-0.05, 0) is 30.5 Å². The molecule has 1 aromatic carbocycles. The molecule has 1 aliphatic carbocycles. The summed E-state index contributed by atoms with van der Waals surface area (Å²) >= 11 is 3.50. The van der Waals surface area contributed by atoms with Gasteiger partial charge in [0.15, 0.2) is 0 Å². The van der Waals surface area contributed by atoms with Crippen LogP contribution in [0.1, 0.15) is 31.2 Å². The first-order chi connectivity index (χ1) is 8.88. The van der Waals surface area contributed by atoms with E-state index < -0.39 is 0 Å². The van der Waals surface area contributed by atoms with E-state index in [9.17, 15) is 0 Å². The van der Waals surface area contributed by atoms with Crippen LogP contribution in [0.5, 0.6) is 0 Å². The maximum atomic E-state index is 5.93. The first-order valence-corrected chi connectivity index (χ1v) is 8.04. The largest absolute Gasteiger partial charge is 0.374 e. The molecular weight excluding hydrogens is 290 g/mol. The van der Waals surface area contributed by atoms with Crippen molar-refractivity contribution in [3.8, 4) is 0 Å². The molecule has 2 aliphatic rings. The van der Waals surface area contributed by atoms with Crippen molar-refractivity contribution in [2.75, 3.05) is 18.1 Å².